The Morgan fingerprint density at radius 2 is 1.06 bits per heavy atom. The molecule has 30 nitrogen and oxygen atoms in total. The lowest BCUT2D eigenvalue weighted by Crippen LogP contribution is -2.38. The number of nitrogens with one attached hydrogen (secondary N) is 1. The topological polar surface area (TPSA) is 453 Å². The van der Waals surface area contributed by atoms with E-state index >= 15 is 0 Å². The van der Waals surface area contributed by atoms with E-state index in [2.05, 4.69) is 30.3 Å². The van der Waals surface area contributed by atoms with E-state index in [4.69, 9.17) is 69.6 Å². The maximum absolute atomic E-state index is 13.2. The third-order valence-electron chi connectivity index (χ3n) is 15.4. The Morgan fingerprint density at radius 3 is 1.45 bits per heavy atom. The van der Waals surface area contributed by atoms with Crippen molar-refractivity contribution in [3.8, 4) is 0 Å². The van der Waals surface area contributed by atoms with Crippen LogP contribution in [0.4, 0.5) is 37.2 Å². The predicted molar refractivity (Wildman–Crippen MR) is 433 cm³/mol. The number of ether oxygens (including phenoxy) is 4. The number of carbonyl (C=O) groups excluding carboxylic acids is 1. The Labute approximate surface area is 668 Å². The van der Waals surface area contributed by atoms with Gasteiger partial charge in [0.2, 0.25) is 17.7 Å². The molecule has 111 heavy (non-hydrogen) atoms. The number of carboxylic acid groups (broad SMARTS) is 1. The Kier molecular flexibility index (Phi) is 33.8. The summed E-state index contributed by atoms with van der Waals surface area (Å²) in [6, 6.07) is 24.9. The third kappa shape index (κ3) is 28.3. The van der Waals surface area contributed by atoms with Crippen molar-refractivity contribution in [2.24, 2.45) is 20.7 Å². The summed E-state index contributed by atoms with van der Waals surface area (Å²) in [5.74, 6) is -0.0958. The number of sulfone groups is 1. The number of hydrogen-bond donors (Lipinski definition) is 7. The van der Waals surface area contributed by atoms with Gasteiger partial charge in [-0.2, -0.15) is 0 Å². The summed E-state index contributed by atoms with van der Waals surface area (Å²) < 4.78 is 73.6. The Bertz CT molecular complexity index is 4730. The monoisotopic (exact) mass is 1680 g/mol. The number of fused-ring (bicyclic) bond motifs is 1. The molecule has 0 radical (unpaired) electrons. The number of imidazole rings is 1. The summed E-state index contributed by atoms with van der Waals surface area (Å²) in [6.45, 7) is 21.2. The summed E-state index contributed by atoms with van der Waals surface area (Å²) in [5, 5.41) is 61.9. The molecule has 6 heterocycles. The number of aromatic nitrogens is 3. The number of carboxylic acids is 1. The number of aromatic carboxylic acids is 1. The van der Waals surface area contributed by atoms with E-state index in [0.717, 1.165) is 58.5 Å². The second kappa shape index (κ2) is 40.3. The molecule has 10 N–H and O–H groups in total. The van der Waals surface area contributed by atoms with Crippen LogP contribution in [0.15, 0.2) is 137 Å². The van der Waals surface area contributed by atoms with Crippen molar-refractivity contribution >= 4 is 149 Å². The van der Waals surface area contributed by atoms with Crippen LogP contribution in [0.5, 0.6) is 0 Å². The first-order valence-corrected chi connectivity index (χ1v) is 41.1. The van der Waals surface area contributed by atoms with Crippen LogP contribution in [-0.2, 0) is 28.8 Å². The highest BCUT2D eigenvalue weighted by Gasteiger charge is 2.33. The van der Waals surface area contributed by atoms with Crippen LogP contribution >= 0.6 is 70.2 Å². The highest BCUT2D eigenvalue weighted by atomic mass is 35.5. The number of carbonyl (C=O) groups is 2. The first-order valence-electron chi connectivity index (χ1n) is 33.6. The maximum atomic E-state index is 13.2. The van der Waals surface area contributed by atoms with Crippen LogP contribution in [0.25, 0.3) is 11.2 Å². The van der Waals surface area contributed by atoms with Crippen LogP contribution in [-0.4, -0.2) is 181 Å². The molecule has 0 spiro atoms. The van der Waals surface area contributed by atoms with Gasteiger partial charge in [-0.3, -0.25) is 39.7 Å². The number of hydrogen-bond acceptors (Lipinski definition) is 28. The van der Waals surface area contributed by atoms with E-state index in [1.54, 1.807) is 76.2 Å². The van der Waals surface area contributed by atoms with Crippen LogP contribution in [0.2, 0.25) is 10.2 Å². The molecule has 5 aromatic carbocycles. The number of halogens is 4. The number of nitrogen functional groups attached to an aromatic ring is 2. The molecule has 0 saturated carbocycles. The number of pyridine rings is 1. The number of nitro benzene ring substituents is 3. The summed E-state index contributed by atoms with van der Waals surface area (Å²) in [4.78, 5) is 76.7. The number of nitro groups is 3. The van der Waals surface area contributed by atoms with Gasteiger partial charge in [-0.1, -0.05) is 23.2 Å². The number of rotatable bonds is 18. The number of aliphatic hydroxyl groups is 2. The van der Waals surface area contributed by atoms with Crippen molar-refractivity contribution in [3.63, 3.8) is 0 Å². The Morgan fingerprint density at radius 1 is 0.649 bits per heavy atom. The zero-order chi connectivity index (χ0) is 83.5. The molecule has 1 unspecified atom stereocenters. The zero-order valence-corrected chi connectivity index (χ0v) is 69.2. The quantitative estimate of drug-likeness (QED) is 0.0138. The van der Waals surface area contributed by atoms with Crippen LogP contribution in [0.1, 0.15) is 144 Å². The van der Waals surface area contributed by atoms with Gasteiger partial charge in [-0.15, -0.1) is 47.0 Å². The lowest BCUT2D eigenvalue weighted by atomic mass is 10.1. The maximum Gasteiger partial charge on any atom is 0.335 e. The van der Waals surface area contributed by atoms with E-state index in [1.165, 1.54) is 82.7 Å². The van der Waals surface area contributed by atoms with Gasteiger partial charge in [0.1, 0.15) is 33.7 Å². The van der Waals surface area contributed by atoms with Gasteiger partial charge in [0.15, 0.2) is 21.3 Å². The molecular weight excluding hydrogens is 1590 g/mol. The fourth-order valence-corrected chi connectivity index (χ4v) is 13.4. The van der Waals surface area contributed by atoms with Crippen molar-refractivity contribution in [1.82, 2.24) is 19.9 Å². The fraction of sp³-hybridized carbons (Fsp3) is 0.431. The molecule has 0 bridgehead atoms. The molecule has 7 aromatic rings. The molecule has 4 aliphatic heterocycles. The molecular formula is C72H91Cl2F2N13O17S5. The van der Waals surface area contributed by atoms with E-state index in [1.807, 2.05) is 72.3 Å². The van der Waals surface area contributed by atoms with Crippen LogP contribution < -0.4 is 22.5 Å². The SMILES string of the molecule is CC(C)(O)CN.CC1(C)CN=C(c2ccc(N)c(S(C)(=O)=O)c2)O1.CSc1cc(C(=O)NCC(C)(C)O)ccc1[N+](=O)[O-].CSc1cc(C(=O)O)ccc1[N+](=O)[O-].CSc1cc(C2=NCC(C)(C)O2)ccc1N.CSc1cc(C2=NCC(C)(C)O2)ccc1[N+](=O)[O-].FC(F)c1nc2c(Cl)cc(Cl)nc2n1C1CCCCO1. The van der Waals surface area contributed by atoms with Gasteiger partial charge < -0.3 is 56.8 Å². The summed E-state index contributed by atoms with van der Waals surface area (Å²) in [5.41, 5.74) is 18.4. The first-order chi connectivity index (χ1) is 51.6. The highest BCUT2D eigenvalue weighted by Crippen LogP contribution is 2.37. The lowest BCUT2D eigenvalue weighted by Gasteiger charge is -2.25. The van der Waals surface area contributed by atoms with Crippen molar-refractivity contribution in [3.05, 3.63) is 171 Å². The molecule has 4 aliphatic rings. The summed E-state index contributed by atoms with van der Waals surface area (Å²) >= 11 is 17.2. The zero-order valence-electron chi connectivity index (χ0n) is 63.6. The predicted octanol–water partition coefficient (Wildman–Crippen LogP) is 14.6. The Hall–Kier alpha value is -8.50. The first kappa shape index (κ1) is 93.1. The number of amides is 1. The smallest absolute Gasteiger partial charge is 0.335 e. The third-order valence-corrected chi connectivity index (χ3v) is 20.1. The van der Waals surface area contributed by atoms with E-state index in [0.29, 0.717) is 76.8 Å². The van der Waals surface area contributed by atoms with Crippen molar-refractivity contribution in [2.75, 3.05) is 82.1 Å². The molecule has 2 aromatic heterocycles. The summed E-state index contributed by atoms with van der Waals surface area (Å²) in [6.07, 6.45) is 7.55. The van der Waals surface area contributed by atoms with Crippen molar-refractivity contribution < 1.29 is 75.8 Å². The normalized spacial score (nSPS) is 15.7. The van der Waals surface area contributed by atoms with E-state index in [9.17, 15) is 62.2 Å². The Balaban J connectivity index is 0.000000235. The molecule has 1 fully saturated rings. The molecule has 39 heteroatoms. The number of alkyl halides is 2. The van der Waals surface area contributed by atoms with Crippen LogP contribution in [0.3, 0.4) is 0 Å². The van der Waals surface area contributed by atoms with E-state index < -0.39 is 49.5 Å². The van der Waals surface area contributed by atoms with E-state index in [-0.39, 0.29) is 94.6 Å². The number of benzene rings is 5. The second-order valence-electron chi connectivity index (χ2n) is 27.7. The number of aliphatic imine (C=N–C) groups is 3. The molecule has 1 saturated heterocycles. The van der Waals surface area contributed by atoms with Gasteiger partial charge >= 0.3 is 5.97 Å². The number of nitrogens with zero attached hydrogens (tertiary/aromatic N) is 9. The van der Waals surface area contributed by atoms with Gasteiger partial charge in [-0.25, -0.2) is 46.9 Å². The number of nitrogens with two attached hydrogens (primary N) is 3. The largest absolute Gasteiger partial charge is 0.478 e. The average molecular weight is 1680 g/mol. The average Bonchev–Trinajstić information content (AvgIpc) is 1.61. The van der Waals surface area contributed by atoms with Gasteiger partial charge in [0, 0.05) is 77.0 Å². The second-order valence-corrected chi connectivity index (χ2v) is 33.9. The molecule has 604 valence electrons. The van der Waals surface area contributed by atoms with Crippen molar-refractivity contribution in [2.45, 2.75) is 154 Å². The highest BCUT2D eigenvalue weighted by molar-refractivity contribution is 7.99. The van der Waals surface area contributed by atoms with Gasteiger partial charge in [0.25, 0.3) is 29.4 Å². The van der Waals surface area contributed by atoms with Crippen LogP contribution in [0, 0.1) is 30.3 Å². The standard InChI is InChI=1S/C12H11Cl2F2N3O.C12H16N2O4S.C12H16N2O3S.C12H14N2O3S.C12H16N2OS.C8H7NO4S.C4H11NO/c13-6-5-7(14)17-11-9(6)18-12(10(15)16)19(11)8-3-1-2-4-20-8;1-12(2,16)7-13-11(15)8-4-5-9(14(17)18)10(6-8)19-3;1-12(2)7-14-11(17-12)8-4-5-9(13)10(6-8)18(3,15)16;1-12(2)7-13-11(17-12)8-4-5-9(14(15)16)10(6-8)18-3;1-12(2)7-14-11(15-12)8-4-5-9(13)10(6-8)16-3;1-14-7-4-5(8(10)11)2-3-6(7)9(12)13;1-4(2,6)3-5/h5,8,10H,1-4H2;4-6,16H,7H2,1-3H3,(H,13,15);4-6H,7,13H2,1-3H3;4-6H,7H2,1-3H3;4-6H,7,13H2,1-3H3;2-4H,1H3,(H,10,11);6H,3,5H2,1-2H3. The van der Waals surface area contributed by atoms with Gasteiger partial charge in [0.05, 0.1) is 81.5 Å². The fourth-order valence-electron chi connectivity index (χ4n) is 9.72. The van der Waals surface area contributed by atoms with Crippen molar-refractivity contribution in [1.29, 1.82) is 0 Å². The molecule has 1 atom stereocenters. The summed E-state index contributed by atoms with van der Waals surface area (Å²) in [7, 11) is -3.35. The minimum absolute atomic E-state index is 0.0217. The van der Waals surface area contributed by atoms with Gasteiger partial charge in [-0.05, 0) is 192 Å². The molecule has 0 aliphatic carbocycles. The lowest BCUT2D eigenvalue weighted by molar-refractivity contribution is -0.387. The minimum atomic E-state index is -3.35. The number of anilines is 2. The molecule has 11 rings (SSSR count). The number of thioether (sulfide) groups is 4. The minimum Gasteiger partial charge on any atom is -0.478 e. The molecule has 1 amide bonds.